The predicted molar refractivity (Wildman–Crippen MR) is 121 cm³/mol. The number of anilines is 2. The minimum absolute atomic E-state index is 0.300. The lowest BCUT2D eigenvalue weighted by molar-refractivity contribution is -0.111. The number of nitrogens with one attached hydrogen (secondary N) is 3. The molecular weight excluding hydrogens is 406 g/mol. The molecule has 0 aliphatic heterocycles. The van der Waals surface area contributed by atoms with E-state index >= 15 is 0 Å². The molecule has 1 aromatic carbocycles. The van der Waals surface area contributed by atoms with Gasteiger partial charge in [-0.25, -0.2) is 15.0 Å². The van der Waals surface area contributed by atoms with E-state index in [0.717, 1.165) is 5.56 Å². The van der Waals surface area contributed by atoms with Gasteiger partial charge in [-0.2, -0.15) is 5.26 Å². The van der Waals surface area contributed by atoms with E-state index in [1.54, 1.807) is 30.5 Å². The summed E-state index contributed by atoms with van der Waals surface area (Å²) in [5.41, 5.74) is 3.27. The van der Waals surface area contributed by atoms with Crippen LogP contribution in [0.1, 0.15) is 6.42 Å². The van der Waals surface area contributed by atoms with Crippen LogP contribution in [0.2, 0.25) is 0 Å². The fraction of sp³-hybridized carbons (Fsp3) is 0.0870. The minimum Gasteiger partial charge on any atom is -0.437 e. The van der Waals surface area contributed by atoms with Gasteiger partial charge in [0.1, 0.15) is 17.1 Å². The van der Waals surface area contributed by atoms with Crippen LogP contribution in [0.25, 0.3) is 22.4 Å². The Morgan fingerprint density at radius 1 is 1.25 bits per heavy atom. The number of H-pyrrole nitrogens is 1. The molecule has 32 heavy (non-hydrogen) atoms. The molecule has 3 aromatic heterocycles. The van der Waals surface area contributed by atoms with Crippen molar-refractivity contribution in [1.82, 2.24) is 19.9 Å². The highest BCUT2D eigenvalue weighted by atomic mass is 16.5. The zero-order valence-electron chi connectivity index (χ0n) is 17.0. The number of aromatic nitrogens is 4. The number of aromatic amines is 1. The van der Waals surface area contributed by atoms with Gasteiger partial charge in [0, 0.05) is 30.1 Å². The lowest BCUT2D eigenvalue weighted by Gasteiger charge is -2.08. The molecule has 0 aliphatic carbocycles. The van der Waals surface area contributed by atoms with Gasteiger partial charge in [-0.05, 0) is 30.3 Å². The number of rotatable bonds is 8. The van der Waals surface area contributed by atoms with E-state index in [1.807, 2.05) is 18.2 Å². The Labute approximate surface area is 183 Å². The van der Waals surface area contributed by atoms with E-state index in [1.165, 1.54) is 12.3 Å². The van der Waals surface area contributed by atoms with Crippen molar-refractivity contribution in [3.05, 3.63) is 67.5 Å². The van der Waals surface area contributed by atoms with Crippen LogP contribution in [0.5, 0.6) is 11.6 Å². The lowest BCUT2D eigenvalue weighted by atomic mass is 10.2. The van der Waals surface area contributed by atoms with Gasteiger partial charge in [-0.1, -0.05) is 18.7 Å². The van der Waals surface area contributed by atoms with E-state index in [4.69, 9.17) is 10.00 Å². The quantitative estimate of drug-likeness (QED) is 0.284. The maximum Gasteiger partial charge on any atom is 0.247 e. The zero-order chi connectivity index (χ0) is 22.3. The van der Waals surface area contributed by atoms with Crippen molar-refractivity contribution < 1.29 is 9.53 Å². The monoisotopic (exact) mass is 425 g/mol. The van der Waals surface area contributed by atoms with Crippen molar-refractivity contribution in [2.75, 3.05) is 17.2 Å². The van der Waals surface area contributed by atoms with Gasteiger partial charge < -0.3 is 20.4 Å². The molecule has 0 fully saturated rings. The van der Waals surface area contributed by atoms with E-state index in [9.17, 15) is 4.79 Å². The SMILES string of the molecule is C=CC(=O)Nc1cccc(Oc2cnc3[nH]cc(-c4cccc(NCCC#N)n4)c3n2)c1. The first kappa shape index (κ1) is 20.6. The van der Waals surface area contributed by atoms with Crippen LogP contribution in [-0.4, -0.2) is 32.4 Å². The largest absolute Gasteiger partial charge is 0.437 e. The second-order valence-electron chi connectivity index (χ2n) is 6.67. The summed E-state index contributed by atoms with van der Waals surface area (Å²) in [5.74, 6) is 1.16. The van der Waals surface area contributed by atoms with E-state index < -0.39 is 0 Å². The molecule has 4 rings (SSSR count). The highest BCUT2D eigenvalue weighted by Gasteiger charge is 2.12. The van der Waals surface area contributed by atoms with Crippen molar-refractivity contribution in [1.29, 1.82) is 5.26 Å². The Balaban J connectivity index is 1.59. The van der Waals surface area contributed by atoms with Crippen LogP contribution in [0, 0.1) is 11.3 Å². The van der Waals surface area contributed by atoms with Gasteiger partial charge in [-0.3, -0.25) is 4.79 Å². The Morgan fingerprint density at radius 2 is 2.12 bits per heavy atom. The van der Waals surface area contributed by atoms with Crippen LogP contribution >= 0.6 is 0 Å². The third-order valence-corrected chi connectivity index (χ3v) is 4.44. The molecular formula is C23H19N7O2. The number of hydrogen-bond acceptors (Lipinski definition) is 7. The molecule has 0 aliphatic rings. The van der Waals surface area contributed by atoms with E-state index in [-0.39, 0.29) is 5.91 Å². The van der Waals surface area contributed by atoms with E-state index in [0.29, 0.717) is 53.0 Å². The van der Waals surface area contributed by atoms with Crippen molar-refractivity contribution in [2.24, 2.45) is 0 Å². The van der Waals surface area contributed by atoms with Gasteiger partial charge in [-0.15, -0.1) is 0 Å². The van der Waals surface area contributed by atoms with Gasteiger partial charge in [0.25, 0.3) is 0 Å². The van der Waals surface area contributed by atoms with Crippen molar-refractivity contribution in [2.45, 2.75) is 6.42 Å². The Kier molecular flexibility index (Phi) is 6.04. The number of benzene rings is 1. The molecule has 0 saturated heterocycles. The third-order valence-electron chi connectivity index (χ3n) is 4.44. The smallest absolute Gasteiger partial charge is 0.247 e. The molecule has 3 heterocycles. The molecule has 158 valence electrons. The highest BCUT2D eigenvalue weighted by molar-refractivity contribution is 5.99. The summed E-state index contributed by atoms with van der Waals surface area (Å²) in [6.45, 7) is 3.96. The Morgan fingerprint density at radius 3 is 2.97 bits per heavy atom. The number of fused-ring (bicyclic) bond motifs is 1. The molecule has 9 heteroatoms. The van der Waals surface area contributed by atoms with Crippen LogP contribution in [0.3, 0.4) is 0 Å². The molecule has 3 N–H and O–H groups in total. The fourth-order valence-electron chi connectivity index (χ4n) is 3.00. The molecule has 0 saturated carbocycles. The summed E-state index contributed by atoms with van der Waals surface area (Å²) in [7, 11) is 0. The highest BCUT2D eigenvalue weighted by Crippen LogP contribution is 2.29. The summed E-state index contributed by atoms with van der Waals surface area (Å²) >= 11 is 0. The topological polar surface area (TPSA) is 129 Å². The average molecular weight is 425 g/mol. The van der Waals surface area contributed by atoms with Gasteiger partial charge in [0.15, 0.2) is 5.65 Å². The maximum atomic E-state index is 11.5. The Hall–Kier alpha value is -4.71. The molecule has 1 amide bonds. The van der Waals surface area contributed by atoms with Crippen LogP contribution in [0.4, 0.5) is 11.5 Å². The molecule has 0 unspecified atom stereocenters. The maximum absolute atomic E-state index is 11.5. The number of ether oxygens (including phenoxy) is 1. The molecule has 0 spiro atoms. The van der Waals surface area contributed by atoms with Crippen LogP contribution < -0.4 is 15.4 Å². The molecule has 0 radical (unpaired) electrons. The number of carbonyl (C=O) groups excluding carboxylic acids is 1. The normalized spacial score (nSPS) is 10.3. The molecule has 9 nitrogen and oxygen atoms in total. The fourth-order valence-corrected chi connectivity index (χ4v) is 3.00. The average Bonchev–Trinajstić information content (AvgIpc) is 3.23. The van der Waals surface area contributed by atoms with Gasteiger partial charge in [0.2, 0.25) is 11.8 Å². The first-order valence-electron chi connectivity index (χ1n) is 9.80. The summed E-state index contributed by atoms with van der Waals surface area (Å²) < 4.78 is 5.86. The van der Waals surface area contributed by atoms with Crippen molar-refractivity contribution in [3.63, 3.8) is 0 Å². The first-order chi connectivity index (χ1) is 15.7. The van der Waals surface area contributed by atoms with Gasteiger partial charge in [0.05, 0.1) is 24.4 Å². The lowest BCUT2D eigenvalue weighted by Crippen LogP contribution is -2.07. The second-order valence-corrected chi connectivity index (χ2v) is 6.67. The number of hydrogen-bond donors (Lipinski definition) is 3. The second kappa shape index (κ2) is 9.40. The summed E-state index contributed by atoms with van der Waals surface area (Å²) in [6.07, 6.45) is 4.90. The number of carbonyl (C=O) groups is 1. The zero-order valence-corrected chi connectivity index (χ0v) is 17.0. The standard InChI is InChI=1S/C23H19N7O2/c1-2-20(31)28-15-6-3-7-16(12-15)32-21-14-27-23-22(30-21)17(13-26-23)18-8-4-9-19(29-18)25-11-5-10-24/h2-4,6-9,12-14H,1,5,11H2,(H,25,29)(H,26,27)(H,28,31). The molecule has 4 aromatic rings. The number of nitriles is 1. The third kappa shape index (κ3) is 4.71. The number of pyridine rings is 1. The van der Waals surface area contributed by atoms with Crippen molar-refractivity contribution >= 4 is 28.6 Å². The molecule has 0 bridgehead atoms. The Bertz CT molecular complexity index is 1320. The summed E-state index contributed by atoms with van der Waals surface area (Å²) in [5, 5.41) is 14.5. The van der Waals surface area contributed by atoms with Crippen molar-refractivity contribution in [3.8, 4) is 29.0 Å². The number of nitrogens with zero attached hydrogens (tertiary/aromatic N) is 4. The summed E-state index contributed by atoms with van der Waals surface area (Å²) in [4.78, 5) is 28.2. The minimum atomic E-state index is -0.308. The molecule has 0 atom stereocenters. The van der Waals surface area contributed by atoms with E-state index in [2.05, 4.69) is 43.2 Å². The van der Waals surface area contributed by atoms with Gasteiger partial charge >= 0.3 is 0 Å². The van der Waals surface area contributed by atoms with Crippen LogP contribution in [0.15, 0.2) is 67.5 Å². The first-order valence-corrected chi connectivity index (χ1v) is 9.80. The van der Waals surface area contributed by atoms with Crippen LogP contribution in [-0.2, 0) is 4.79 Å². The number of amides is 1. The summed E-state index contributed by atoms with van der Waals surface area (Å²) in [6, 6.07) is 14.6. The predicted octanol–water partition coefficient (Wildman–Crippen LogP) is 4.26.